The van der Waals surface area contributed by atoms with Crippen LogP contribution in [0.3, 0.4) is 0 Å². The van der Waals surface area contributed by atoms with Gasteiger partial charge in [0, 0.05) is 22.6 Å². The summed E-state index contributed by atoms with van der Waals surface area (Å²) in [6.45, 7) is 3.75. The number of furan rings is 1. The minimum Gasteiger partial charge on any atom is -0.459 e. The molecule has 0 aliphatic heterocycles. The van der Waals surface area contributed by atoms with E-state index in [1.54, 1.807) is 36.4 Å². The normalized spacial score (nSPS) is 10.5. The number of H-pyrrole nitrogens is 1. The summed E-state index contributed by atoms with van der Waals surface area (Å²) in [7, 11) is 0. The van der Waals surface area contributed by atoms with Crippen molar-refractivity contribution < 1.29 is 14.0 Å². The molecule has 128 valence electrons. The zero-order valence-electron chi connectivity index (χ0n) is 13.9. The number of carbonyl (C=O) groups is 2. The van der Waals surface area contributed by atoms with Crippen molar-refractivity contribution >= 4 is 23.2 Å². The molecule has 2 amide bonds. The lowest BCUT2D eigenvalue weighted by Crippen LogP contribution is -2.15. The Morgan fingerprint density at radius 3 is 2.32 bits per heavy atom. The monoisotopic (exact) mass is 338 g/mol. The van der Waals surface area contributed by atoms with Gasteiger partial charge in [-0.15, -0.1) is 0 Å². The number of nitrogens with one attached hydrogen (secondary N) is 3. The van der Waals surface area contributed by atoms with E-state index in [0.29, 0.717) is 11.4 Å². The van der Waals surface area contributed by atoms with Crippen LogP contribution in [-0.4, -0.2) is 22.0 Å². The maximum absolute atomic E-state index is 12.2. The average Bonchev–Trinajstić information content (AvgIpc) is 3.23. The van der Waals surface area contributed by atoms with Crippen LogP contribution in [0.4, 0.5) is 11.4 Å². The van der Waals surface area contributed by atoms with Crippen molar-refractivity contribution in [3.63, 3.8) is 0 Å². The molecule has 0 aliphatic carbocycles. The van der Waals surface area contributed by atoms with Crippen molar-refractivity contribution in [1.29, 1.82) is 0 Å². The lowest BCUT2D eigenvalue weighted by Gasteiger charge is -2.07. The highest BCUT2D eigenvalue weighted by Gasteiger charge is 2.12. The van der Waals surface area contributed by atoms with E-state index in [0.717, 1.165) is 17.0 Å². The number of rotatable bonds is 5. The third kappa shape index (κ3) is 3.95. The standard InChI is InChI=1S/C18H18N4O3/c1-11-15(12(2)22-21-11)10-17(23)19-13-5-7-14(8-6-13)20-18(24)16-4-3-9-25-16/h3-9H,10H2,1-2H3,(H,19,23)(H,20,24)(H,21,22). The predicted molar refractivity (Wildman–Crippen MR) is 93.5 cm³/mol. The summed E-state index contributed by atoms with van der Waals surface area (Å²) in [5.74, 6) is -0.212. The number of nitrogens with zero attached hydrogens (tertiary/aromatic N) is 1. The summed E-state index contributed by atoms with van der Waals surface area (Å²) >= 11 is 0. The van der Waals surface area contributed by atoms with Crippen molar-refractivity contribution in [1.82, 2.24) is 10.2 Å². The SMILES string of the molecule is Cc1n[nH]c(C)c1CC(=O)Nc1ccc(NC(=O)c2ccco2)cc1. The number of aromatic nitrogens is 2. The lowest BCUT2D eigenvalue weighted by molar-refractivity contribution is -0.115. The lowest BCUT2D eigenvalue weighted by atomic mass is 10.1. The van der Waals surface area contributed by atoms with Gasteiger partial charge < -0.3 is 15.1 Å². The Morgan fingerprint density at radius 2 is 1.76 bits per heavy atom. The third-order valence-electron chi connectivity index (χ3n) is 3.79. The molecule has 3 rings (SSSR count). The van der Waals surface area contributed by atoms with Gasteiger partial charge in [0.1, 0.15) is 0 Å². The van der Waals surface area contributed by atoms with E-state index >= 15 is 0 Å². The van der Waals surface area contributed by atoms with Crippen LogP contribution in [0.15, 0.2) is 47.1 Å². The van der Waals surface area contributed by atoms with Gasteiger partial charge in [0.05, 0.1) is 18.4 Å². The Morgan fingerprint density at radius 1 is 1.08 bits per heavy atom. The maximum Gasteiger partial charge on any atom is 0.291 e. The fraction of sp³-hybridized carbons (Fsp3) is 0.167. The molecule has 3 N–H and O–H groups in total. The number of anilines is 2. The third-order valence-corrected chi connectivity index (χ3v) is 3.79. The number of benzene rings is 1. The molecule has 0 aliphatic rings. The summed E-state index contributed by atoms with van der Waals surface area (Å²) < 4.78 is 5.04. The number of amides is 2. The first kappa shape index (κ1) is 16.5. The zero-order chi connectivity index (χ0) is 17.8. The van der Waals surface area contributed by atoms with Crippen molar-refractivity contribution in [2.24, 2.45) is 0 Å². The summed E-state index contributed by atoms with van der Waals surface area (Å²) in [5.41, 5.74) is 3.88. The van der Waals surface area contributed by atoms with Crippen LogP contribution in [0.2, 0.25) is 0 Å². The van der Waals surface area contributed by atoms with Crippen LogP contribution in [-0.2, 0) is 11.2 Å². The van der Waals surface area contributed by atoms with Crippen molar-refractivity contribution in [3.8, 4) is 0 Å². The minimum atomic E-state index is -0.326. The molecule has 0 radical (unpaired) electrons. The number of aryl methyl sites for hydroxylation is 2. The van der Waals surface area contributed by atoms with E-state index in [2.05, 4.69) is 20.8 Å². The van der Waals surface area contributed by atoms with E-state index in [1.807, 2.05) is 13.8 Å². The van der Waals surface area contributed by atoms with Crippen LogP contribution in [0, 0.1) is 13.8 Å². The summed E-state index contributed by atoms with van der Waals surface area (Å²) in [6.07, 6.45) is 1.70. The van der Waals surface area contributed by atoms with Gasteiger partial charge in [0.25, 0.3) is 5.91 Å². The molecular weight excluding hydrogens is 320 g/mol. The maximum atomic E-state index is 12.2. The predicted octanol–water partition coefficient (Wildman–Crippen LogP) is 3.05. The molecule has 0 fully saturated rings. The van der Waals surface area contributed by atoms with Gasteiger partial charge in [0.2, 0.25) is 5.91 Å². The first-order chi connectivity index (χ1) is 12.0. The number of hydrogen-bond donors (Lipinski definition) is 3. The second-order valence-corrected chi connectivity index (χ2v) is 5.65. The fourth-order valence-electron chi connectivity index (χ4n) is 2.44. The van der Waals surface area contributed by atoms with Crippen molar-refractivity contribution in [3.05, 3.63) is 65.4 Å². The van der Waals surface area contributed by atoms with Crippen molar-refractivity contribution in [2.45, 2.75) is 20.3 Å². The Kier molecular flexibility index (Phi) is 4.65. The van der Waals surface area contributed by atoms with Gasteiger partial charge in [-0.1, -0.05) is 0 Å². The molecule has 0 spiro atoms. The molecule has 0 atom stereocenters. The molecule has 0 unspecified atom stereocenters. The largest absolute Gasteiger partial charge is 0.459 e. The minimum absolute atomic E-state index is 0.125. The molecule has 25 heavy (non-hydrogen) atoms. The highest BCUT2D eigenvalue weighted by atomic mass is 16.3. The van der Waals surface area contributed by atoms with Crippen LogP contribution in [0.25, 0.3) is 0 Å². The fourth-order valence-corrected chi connectivity index (χ4v) is 2.44. The van der Waals surface area contributed by atoms with E-state index in [4.69, 9.17) is 4.42 Å². The van der Waals surface area contributed by atoms with Crippen LogP contribution in [0.1, 0.15) is 27.5 Å². The molecule has 1 aromatic carbocycles. The summed E-state index contributed by atoms with van der Waals surface area (Å²) in [4.78, 5) is 24.1. The van der Waals surface area contributed by atoms with Gasteiger partial charge in [0.15, 0.2) is 5.76 Å². The average molecular weight is 338 g/mol. The zero-order valence-corrected chi connectivity index (χ0v) is 13.9. The summed E-state index contributed by atoms with van der Waals surface area (Å²) in [6, 6.07) is 10.1. The molecule has 7 nitrogen and oxygen atoms in total. The molecule has 0 bridgehead atoms. The first-order valence-electron chi connectivity index (χ1n) is 7.78. The molecule has 0 saturated carbocycles. The van der Waals surface area contributed by atoms with Gasteiger partial charge in [-0.05, 0) is 50.2 Å². The van der Waals surface area contributed by atoms with E-state index in [-0.39, 0.29) is 24.0 Å². The molecule has 3 aromatic rings. The van der Waals surface area contributed by atoms with Gasteiger partial charge in [-0.25, -0.2) is 0 Å². The number of aromatic amines is 1. The second-order valence-electron chi connectivity index (χ2n) is 5.65. The second kappa shape index (κ2) is 7.04. The Balaban J connectivity index is 1.59. The van der Waals surface area contributed by atoms with Crippen LogP contribution in [0.5, 0.6) is 0 Å². The quantitative estimate of drug-likeness (QED) is 0.665. The highest BCUT2D eigenvalue weighted by Crippen LogP contribution is 2.16. The van der Waals surface area contributed by atoms with E-state index in [1.165, 1.54) is 6.26 Å². The molecule has 7 heteroatoms. The van der Waals surface area contributed by atoms with Crippen LogP contribution < -0.4 is 10.6 Å². The van der Waals surface area contributed by atoms with Crippen LogP contribution >= 0.6 is 0 Å². The Bertz CT molecular complexity index is 860. The summed E-state index contributed by atoms with van der Waals surface area (Å²) in [5, 5.41) is 12.5. The van der Waals surface area contributed by atoms with Gasteiger partial charge in [-0.2, -0.15) is 5.10 Å². The molecule has 0 saturated heterocycles. The molecular formula is C18H18N4O3. The first-order valence-corrected chi connectivity index (χ1v) is 7.78. The Labute approximate surface area is 144 Å². The smallest absolute Gasteiger partial charge is 0.291 e. The van der Waals surface area contributed by atoms with E-state index < -0.39 is 0 Å². The van der Waals surface area contributed by atoms with Gasteiger partial charge >= 0.3 is 0 Å². The Hall–Kier alpha value is -3.35. The molecule has 2 heterocycles. The number of carbonyl (C=O) groups excluding carboxylic acids is 2. The van der Waals surface area contributed by atoms with Crippen molar-refractivity contribution in [2.75, 3.05) is 10.6 Å². The van der Waals surface area contributed by atoms with E-state index in [9.17, 15) is 9.59 Å². The number of hydrogen-bond acceptors (Lipinski definition) is 4. The topological polar surface area (TPSA) is 100 Å². The van der Waals surface area contributed by atoms with Gasteiger partial charge in [-0.3, -0.25) is 14.7 Å². The highest BCUT2D eigenvalue weighted by molar-refractivity contribution is 6.02. The molecule has 2 aromatic heterocycles.